The molecule has 1 aromatic heterocycles. The van der Waals surface area contributed by atoms with Crippen molar-refractivity contribution in [3.8, 4) is 5.75 Å². The van der Waals surface area contributed by atoms with Gasteiger partial charge in [0, 0.05) is 0 Å². The van der Waals surface area contributed by atoms with Gasteiger partial charge in [-0.15, -0.1) is 0 Å². The minimum atomic E-state index is -0.801. The van der Waals surface area contributed by atoms with Gasteiger partial charge in [0.05, 0.1) is 12.8 Å². The van der Waals surface area contributed by atoms with E-state index in [1.807, 2.05) is 0 Å². The number of ether oxygens (including phenoxy) is 1. The average Bonchev–Trinajstić information content (AvgIpc) is 3.27. The Morgan fingerprint density at radius 3 is 2.55 bits per heavy atom. The normalized spacial score (nSPS) is 15.3. The Labute approximate surface area is 176 Å². The second kappa shape index (κ2) is 8.66. The van der Waals surface area contributed by atoms with Gasteiger partial charge in [-0.3, -0.25) is 19.8 Å². The lowest BCUT2D eigenvalue weighted by molar-refractivity contribution is -0.130. The van der Waals surface area contributed by atoms with Crippen molar-refractivity contribution in [3.05, 3.63) is 95.2 Å². The van der Waals surface area contributed by atoms with Crippen molar-refractivity contribution >= 4 is 23.9 Å². The Hall–Kier alpha value is -4.20. The molecule has 31 heavy (non-hydrogen) atoms. The Bertz CT molecular complexity index is 1150. The van der Waals surface area contributed by atoms with E-state index in [1.54, 1.807) is 48.5 Å². The molecular weight excluding hydrogens is 403 g/mol. The number of hydrogen-bond donors (Lipinski definition) is 1. The molecular formula is C23H17FN2O5. The van der Waals surface area contributed by atoms with Crippen LogP contribution in [0.15, 0.2) is 76.9 Å². The number of benzene rings is 2. The summed E-state index contributed by atoms with van der Waals surface area (Å²) in [4.78, 5) is 37.9. The molecule has 0 spiro atoms. The smallest absolute Gasteiger partial charge is 0.331 e. The summed E-state index contributed by atoms with van der Waals surface area (Å²) in [5.74, 6) is -0.857. The van der Waals surface area contributed by atoms with Gasteiger partial charge in [0.2, 0.25) is 0 Å². The molecule has 156 valence electrons. The minimum absolute atomic E-state index is 0.0882. The summed E-state index contributed by atoms with van der Waals surface area (Å²) in [6, 6.07) is 15.3. The van der Waals surface area contributed by atoms with Crippen LogP contribution in [0.4, 0.5) is 9.18 Å². The van der Waals surface area contributed by atoms with Crippen LogP contribution >= 0.6 is 0 Å². The molecule has 1 aliphatic heterocycles. The predicted octanol–water partition coefficient (Wildman–Crippen LogP) is 3.66. The summed E-state index contributed by atoms with van der Waals surface area (Å²) in [5, 5.41) is 2.16. The number of urea groups is 1. The standard InChI is InChI=1S/C23H17FN2O5/c24-17-4-1-3-16(11-17)14-31-18-8-6-15(7-9-18)12-20-21(27)25-23(29)26(22(20)28)13-19-5-2-10-30-19/h1-12H,13-14H2,(H,25,27,29)/b20-12+. The molecule has 1 N–H and O–H groups in total. The highest BCUT2D eigenvalue weighted by molar-refractivity contribution is 6.30. The van der Waals surface area contributed by atoms with E-state index in [1.165, 1.54) is 24.5 Å². The SMILES string of the molecule is O=C1NC(=O)N(Cc2ccco2)C(=O)/C1=C/c1ccc(OCc2cccc(F)c2)cc1. The zero-order valence-electron chi connectivity index (χ0n) is 16.2. The maximum absolute atomic E-state index is 13.2. The van der Waals surface area contributed by atoms with Gasteiger partial charge in [-0.25, -0.2) is 9.18 Å². The molecule has 0 saturated carbocycles. The van der Waals surface area contributed by atoms with Crippen LogP contribution in [0.3, 0.4) is 0 Å². The topological polar surface area (TPSA) is 88.9 Å². The molecule has 1 aliphatic rings. The van der Waals surface area contributed by atoms with Gasteiger partial charge in [-0.05, 0) is 53.6 Å². The second-order valence-electron chi connectivity index (χ2n) is 6.78. The second-order valence-corrected chi connectivity index (χ2v) is 6.78. The van der Waals surface area contributed by atoms with Crippen molar-refractivity contribution in [2.45, 2.75) is 13.2 Å². The van der Waals surface area contributed by atoms with Gasteiger partial charge in [0.15, 0.2) is 0 Å². The first kappa shape index (κ1) is 20.1. The lowest BCUT2D eigenvalue weighted by atomic mass is 10.1. The van der Waals surface area contributed by atoms with Crippen LogP contribution in [0.1, 0.15) is 16.9 Å². The quantitative estimate of drug-likeness (QED) is 0.486. The maximum atomic E-state index is 13.2. The molecule has 0 aliphatic carbocycles. The van der Waals surface area contributed by atoms with Gasteiger partial charge in [-0.2, -0.15) is 0 Å². The number of imide groups is 2. The van der Waals surface area contributed by atoms with E-state index in [-0.39, 0.29) is 24.5 Å². The fraction of sp³-hybridized carbons (Fsp3) is 0.0870. The molecule has 4 amide bonds. The van der Waals surface area contributed by atoms with Gasteiger partial charge < -0.3 is 9.15 Å². The van der Waals surface area contributed by atoms with Gasteiger partial charge in [0.25, 0.3) is 11.8 Å². The van der Waals surface area contributed by atoms with Crippen LogP contribution in [-0.2, 0) is 22.7 Å². The van der Waals surface area contributed by atoms with Crippen molar-refractivity contribution in [3.63, 3.8) is 0 Å². The molecule has 0 unspecified atom stereocenters. The van der Waals surface area contributed by atoms with Crippen LogP contribution in [0.5, 0.6) is 5.75 Å². The van der Waals surface area contributed by atoms with Crippen molar-refractivity contribution in [1.29, 1.82) is 0 Å². The molecule has 0 bridgehead atoms. The lowest BCUT2D eigenvalue weighted by Crippen LogP contribution is -2.53. The number of furan rings is 1. The molecule has 0 radical (unpaired) electrons. The third-order valence-corrected chi connectivity index (χ3v) is 4.57. The fourth-order valence-corrected chi connectivity index (χ4v) is 3.02. The fourth-order valence-electron chi connectivity index (χ4n) is 3.02. The van der Waals surface area contributed by atoms with E-state index < -0.39 is 17.8 Å². The van der Waals surface area contributed by atoms with Crippen LogP contribution in [-0.4, -0.2) is 22.7 Å². The third kappa shape index (κ3) is 4.69. The minimum Gasteiger partial charge on any atom is -0.489 e. The van der Waals surface area contributed by atoms with Gasteiger partial charge in [-0.1, -0.05) is 24.3 Å². The summed E-state index contributed by atoms with van der Waals surface area (Å²) in [6.07, 6.45) is 2.83. The number of halogens is 1. The van der Waals surface area contributed by atoms with E-state index in [9.17, 15) is 18.8 Å². The Balaban J connectivity index is 1.46. The Kier molecular flexibility index (Phi) is 5.61. The summed E-state index contributed by atoms with van der Waals surface area (Å²) in [7, 11) is 0. The van der Waals surface area contributed by atoms with Crippen LogP contribution in [0.25, 0.3) is 6.08 Å². The number of rotatable bonds is 6. The first-order valence-electron chi connectivity index (χ1n) is 9.38. The number of hydrogen-bond acceptors (Lipinski definition) is 5. The molecule has 1 saturated heterocycles. The van der Waals surface area contributed by atoms with Gasteiger partial charge >= 0.3 is 6.03 Å². The molecule has 7 nitrogen and oxygen atoms in total. The third-order valence-electron chi connectivity index (χ3n) is 4.57. The highest BCUT2D eigenvalue weighted by Gasteiger charge is 2.36. The van der Waals surface area contributed by atoms with Crippen LogP contribution in [0, 0.1) is 5.82 Å². The molecule has 0 atom stereocenters. The molecule has 2 heterocycles. The first-order chi connectivity index (χ1) is 15.0. The summed E-state index contributed by atoms with van der Waals surface area (Å²) < 4.78 is 24.0. The average molecular weight is 420 g/mol. The number of barbiturate groups is 1. The zero-order valence-corrected chi connectivity index (χ0v) is 16.2. The first-order valence-corrected chi connectivity index (χ1v) is 9.38. The maximum Gasteiger partial charge on any atom is 0.331 e. The number of amides is 4. The van der Waals surface area contributed by atoms with Crippen LogP contribution in [0.2, 0.25) is 0 Å². The molecule has 1 fully saturated rings. The Morgan fingerprint density at radius 2 is 1.84 bits per heavy atom. The number of carbonyl (C=O) groups is 3. The highest BCUT2D eigenvalue weighted by atomic mass is 19.1. The number of carbonyl (C=O) groups excluding carboxylic acids is 3. The van der Waals surface area contributed by atoms with E-state index in [0.717, 1.165) is 4.90 Å². The van der Waals surface area contributed by atoms with E-state index in [2.05, 4.69) is 5.32 Å². The summed E-state index contributed by atoms with van der Waals surface area (Å²) in [6.45, 7) is 0.109. The number of nitrogens with one attached hydrogen (secondary N) is 1. The molecule has 8 heteroatoms. The number of nitrogens with zero attached hydrogens (tertiary/aromatic N) is 1. The summed E-state index contributed by atoms with van der Waals surface area (Å²) in [5.41, 5.74) is 1.10. The van der Waals surface area contributed by atoms with Crippen LogP contribution < -0.4 is 10.1 Å². The highest BCUT2D eigenvalue weighted by Crippen LogP contribution is 2.20. The van der Waals surface area contributed by atoms with E-state index in [0.29, 0.717) is 22.6 Å². The van der Waals surface area contributed by atoms with Crippen molar-refractivity contribution in [1.82, 2.24) is 10.2 Å². The zero-order chi connectivity index (χ0) is 21.8. The van der Waals surface area contributed by atoms with E-state index >= 15 is 0 Å². The monoisotopic (exact) mass is 420 g/mol. The lowest BCUT2D eigenvalue weighted by Gasteiger charge is -2.25. The summed E-state index contributed by atoms with van der Waals surface area (Å²) >= 11 is 0. The van der Waals surface area contributed by atoms with Gasteiger partial charge in [0.1, 0.15) is 29.5 Å². The van der Waals surface area contributed by atoms with Crippen molar-refractivity contribution < 1.29 is 27.9 Å². The Morgan fingerprint density at radius 1 is 1.03 bits per heavy atom. The molecule has 2 aromatic carbocycles. The largest absolute Gasteiger partial charge is 0.489 e. The predicted molar refractivity (Wildman–Crippen MR) is 108 cm³/mol. The van der Waals surface area contributed by atoms with E-state index in [4.69, 9.17) is 9.15 Å². The molecule has 3 aromatic rings. The van der Waals surface area contributed by atoms with Crippen molar-refractivity contribution in [2.24, 2.45) is 0 Å². The van der Waals surface area contributed by atoms with Crippen molar-refractivity contribution in [2.75, 3.05) is 0 Å². The molecule has 4 rings (SSSR count).